The number of benzene rings is 2. The summed E-state index contributed by atoms with van der Waals surface area (Å²) in [6, 6.07) is 13.9. The molecule has 0 aliphatic heterocycles. The molecule has 0 unspecified atom stereocenters. The van der Waals surface area contributed by atoms with Crippen LogP contribution in [0.4, 0.5) is 5.69 Å². The summed E-state index contributed by atoms with van der Waals surface area (Å²) in [6.07, 6.45) is 0. The predicted molar refractivity (Wildman–Crippen MR) is 78.2 cm³/mol. The molecular weight excluding hydrogens is 260 g/mol. The van der Waals surface area contributed by atoms with E-state index in [1.807, 2.05) is 37.3 Å². The smallest absolute Gasteiger partial charge is 0.245 e. The van der Waals surface area contributed by atoms with Crippen LogP contribution in [0.25, 0.3) is 0 Å². The molecule has 0 aliphatic carbocycles. The third kappa shape index (κ3) is 3.13. The van der Waals surface area contributed by atoms with Gasteiger partial charge in [-0.3, -0.25) is 4.79 Å². The molecule has 0 fully saturated rings. The van der Waals surface area contributed by atoms with Crippen LogP contribution in [0.1, 0.15) is 17.2 Å². The molecule has 1 atom stereocenters. The van der Waals surface area contributed by atoms with Gasteiger partial charge in [-0.2, -0.15) is 0 Å². The van der Waals surface area contributed by atoms with Gasteiger partial charge in [-0.05, 0) is 30.2 Å². The van der Waals surface area contributed by atoms with Gasteiger partial charge in [0.15, 0.2) is 0 Å². The fourth-order valence-corrected chi connectivity index (χ4v) is 1.94. The maximum absolute atomic E-state index is 12.1. The highest BCUT2D eigenvalue weighted by Gasteiger charge is 2.16. The number of anilines is 1. The van der Waals surface area contributed by atoms with Gasteiger partial charge in [-0.15, -0.1) is 0 Å². The largest absolute Gasteiger partial charge is 0.324 e. The lowest BCUT2D eigenvalue weighted by molar-refractivity contribution is -0.117. The molecule has 0 aromatic heterocycles. The van der Waals surface area contributed by atoms with Gasteiger partial charge in [-0.25, -0.2) is 0 Å². The van der Waals surface area contributed by atoms with E-state index in [9.17, 15) is 4.79 Å². The fraction of sp³-hybridized carbons (Fsp3) is 0.133. The summed E-state index contributed by atoms with van der Waals surface area (Å²) in [5.74, 6) is -0.253. The molecular formula is C15H15ClN2O. The molecule has 0 saturated carbocycles. The van der Waals surface area contributed by atoms with Crippen molar-refractivity contribution >= 4 is 23.2 Å². The number of carbonyl (C=O) groups excluding carboxylic acids is 1. The third-order valence-corrected chi connectivity index (χ3v) is 3.38. The molecule has 3 nitrogen and oxygen atoms in total. The van der Waals surface area contributed by atoms with Crippen LogP contribution in [0.2, 0.25) is 5.02 Å². The van der Waals surface area contributed by atoms with Crippen molar-refractivity contribution in [3.63, 3.8) is 0 Å². The van der Waals surface area contributed by atoms with E-state index >= 15 is 0 Å². The van der Waals surface area contributed by atoms with E-state index in [2.05, 4.69) is 5.32 Å². The number of halogens is 1. The second kappa shape index (κ2) is 5.87. The first-order valence-electron chi connectivity index (χ1n) is 5.96. The Bertz CT molecular complexity index is 584. The maximum atomic E-state index is 12.1. The molecule has 2 aromatic rings. The van der Waals surface area contributed by atoms with Gasteiger partial charge in [0.25, 0.3) is 0 Å². The van der Waals surface area contributed by atoms with Gasteiger partial charge >= 0.3 is 0 Å². The molecule has 0 aliphatic rings. The second-order valence-electron chi connectivity index (χ2n) is 4.29. The maximum Gasteiger partial charge on any atom is 0.245 e. The Morgan fingerprint density at radius 3 is 2.53 bits per heavy atom. The van der Waals surface area contributed by atoms with E-state index in [0.29, 0.717) is 10.7 Å². The van der Waals surface area contributed by atoms with E-state index in [-0.39, 0.29) is 5.91 Å². The van der Waals surface area contributed by atoms with Crippen LogP contribution in [-0.2, 0) is 4.79 Å². The quantitative estimate of drug-likeness (QED) is 0.902. The van der Waals surface area contributed by atoms with Crippen molar-refractivity contribution in [2.45, 2.75) is 13.0 Å². The monoisotopic (exact) mass is 274 g/mol. The summed E-state index contributed by atoms with van der Waals surface area (Å²) >= 11 is 6.01. The Labute approximate surface area is 117 Å². The molecule has 0 radical (unpaired) electrons. The molecule has 0 spiro atoms. The van der Waals surface area contributed by atoms with Gasteiger partial charge < -0.3 is 11.1 Å². The lowest BCUT2D eigenvalue weighted by Gasteiger charge is -2.14. The highest BCUT2D eigenvalue weighted by Crippen LogP contribution is 2.23. The van der Waals surface area contributed by atoms with Crippen LogP contribution < -0.4 is 11.1 Å². The minimum atomic E-state index is -0.695. The summed E-state index contributed by atoms with van der Waals surface area (Å²) in [7, 11) is 0. The first-order valence-corrected chi connectivity index (χ1v) is 6.34. The average Bonchev–Trinajstić information content (AvgIpc) is 2.44. The third-order valence-electron chi connectivity index (χ3n) is 2.97. The van der Waals surface area contributed by atoms with Crippen molar-refractivity contribution in [3.05, 3.63) is 64.7 Å². The highest BCUT2D eigenvalue weighted by atomic mass is 35.5. The number of hydrogen-bond acceptors (Lipinski definition) is 2. The standard InChI is InChI=1S/C15H15ClN2O/c1-10-12(16)8-5-9-13(10)18-15(19)14(17)11-6-3-2-4-7-11/h2-9,14H,17H2,1H3,(H,18,19)/t14-/m1/s1. The molecule has 1 amide bonds. The Kier molecular flexibility index (Phi) is 4.20. The van der Waals surface area contributed by atoms with E-state index < -0.39 is 6.04 Å². The van der Waals surface area contributed by atoms with Gasteiger partial charge in [0.05, 0.1) is 0 Å². The lowest BCUT2D eigenvalue weighted by Crippen LogP contribution is -2.27. The van der Waals surface area contributed by atoms with Crippen molar-refractivity contribution in [2.75, 3.05) is 5.32 Å². The van der Waals surface area contributed by atoms with E-state index in [1.165, 1.54) is 0 Å². The van der Waals surface area contributed by atoms with Crippen LogP contribution in [0.15, 0.2) is 48.5 Å². The van der Waals surface area contributed by atoms with Crippen LogP contribution in [-0.4, -0.2) is 5.91 Å². The normalized spacial score (nSPS) is 11.9. The molecule has 4 heteroatoms. The van der Waals surface area contributed by atoms with E-state index in [4.69, 9.17) is 17.3 Å². The Balaban J connectivity index is 2.15. The number of hydrogen-bond donors (Lipinski definition) is 2. The number of amides is 1. The van der Waals surface area contributed by atoms with Gasteiger partial charge in [-0.1, -0.05) is 48.0 Å². The SMILES string of the molecule is Cc1c(Cl)cccc1NC(=O)[C@H](N)c1ccccc1. The molecule has 19 heavy (non-hydrogen) atoms. The van der Waals surface area contributed by atoms with Crippen LogP contribution in [0.5, 0.6) is 0 Å². The van der Waals surface area contributed by atoms with Crippen molar-refractivity contribution < 1.29 is 4.79 Å². The zero-order valence-corrected chi connectivity index (χ0v) is 11.3. The first-order chi connectivity index (χ1) is 9.09. The molecule has 98 valence electrons. The first kappa shape index (κ1) is 13.6. The minimum Gasteiger partial charge on any atom is -0.324 e. The topological polar surface area (TPSA) is 55.1 Å². The van der Waals surface area contributed by atoms with Crippen LogP contribution >= 0.6 is 11.6 Å². The summed E-state index contributed by atoms with van der Waals surface area (Å²) in [5, 5.41) is 3.42. The second-order valence-corrected chi connectivity index (χ2v) is 4.70. The van der Waals surface area contributed by atoms with E-state index in [0.717, 1.165) is 11.1 Å². The number of carbonyl (C=O) groups is 1. The Morgan fingerprint density at radius 1 is 1.16 bits per heavy atom. The summed E-state index contributed by atoms with van der Waals surface area (Å²) < 4.78 is 0. The molecule has 0 saturated heterocycles. The van der Waals surface area contributed by atoms with Crippen molar-refractivity contribution in [1.82, 2.24) is 0 Å². The van der Waals surface area contributed by atoms with Crippen molar-refractivity contribution in [1.29, 1.82) is 0 Å². The molecule has 3 N–H and O–H groups in total. The molecule has 0 heterocycles. The van der Waals surface area contributed by atoms with Gasteiger partial charge in [0.2, 0.25) is 5.91 Å². The molecule has 2 rings (SSSR count). The predicted octanol–water partition coefficient (Wildman–Crippen LogP) is 3.29. The summed E-state index contributed by atoms with van der Waals surface area (Å²) in [4.78, 5) is 12.1. The average molecular weight is 275 g/mol. The molecule has 2 aromatic carbocycles. The Morgan fingerprint density at radius 2 is 1.84 bits per heavy atom. The molecule has 0 bridgehead atoms. The van der Waals surface area contributed by atoms with Crippen molar-refractivity contribution in [2.24, 2.45) is 5.73 Å². The van der Waals surface area contributed by atoms with Gasteiger partial charge in [0, 0.05) is 10.7 Å². The van der Waals surface area contributed by atoms with Crippen LogP contribution in [0, 0.1) is 6.92 Å². The minimum absolute atomic E-state index is 0.253. The fourth-order valence-electron chi connectivity index (χ4n) is 1.77. The van der Waals surface area contributed by atoms with Gasteiger partial charge in [0.1, 0.15) is 6.04 Å². The summed E-state index contributed by atoms with van der Waals surface area (Å²) in [6.45, 7) is 1.85. The van der Waals surface area contributed by atoms with Crippen LogP contribution in [0.3, 0.4) is 0 Å². The van der Waals surface area contributed by atoms with Crippen molar-refractivity contribution in [3.8, 4) is 0 Å². The van der Waals surface area contributed by atoms with E-state index in [1.54, 1.807) is 18.2 Å². The highest BCUT2D eigenvalue weighted by molar-refractivity contribution is 6.31. The number of rotatable bonds is 3. The number of nitrogens with two attached hydrogens (primary N) is 1. The summed E-state index contributed by atoms with van der Waals surface area (Å²) in [5.41, 5.74) is 8.22. The Hall–Kier alpha value is -1.84. The zero-order chi connectivity index (χ0) is 13.8. The lowest BCUT2D eigenvalue weighted by atomic mass is 10.1. The zero-order valence-electron chi connectivity index (χ0n) is 10.6. The number of nitrogens with one attached hydrogen (secondary N) is 1.